The molecule has 5 heteroatoms. The molecule has 1 aromatic rings. The molecule has 0 heterocycles. The molecule has 0 aliphatic rings. The largest absolute Gasteiger partial charge is 0.466 e. The third-order valence-corrected chi connectivity index (χ3v) is 3.38. The first kappa shape index (κ1) is 17.4. The molecule has 1 rings (SSSR count). The smallest absolute Gasteiger partial charge is 0.334 e. The minimum Gasteiger partial charge on any atom is -0.466 e. The van der Waals surface area contributed by atoms with E-state index >= 15 is 0 Å². The summed E-state index contributed by atoms with van der Waals surface area (Å²) in [6.45, 7) is 9.00. The second-order valence-corrected chi connectivity index (χ2v) is 6.36. The highest BCUT2D eigenvalue weighted by Crippen LogP contribution is 2.32. The van der Waals surface area contributed by atoms with Gasteiger partial charge in [-0.05, 0) is 32.4 Å². The lowest BCUT2D eigenvalue weighted by atomic mass is 9.91. The Labute approximate surface area is 133 Å². The Morgan fingerprint density at radius 1 is 1.24 bits per heavy atom. The zero-order valence-electron chi connectivity index (χ0n) is 12.6. The average molecular weight is 355 g/mol. The summed E-state index contributed by atoms with van der Waals surface area (Å²) in [6, 6.07) is 7.13. The highest BCUT2D eigenvalue weighted by molar-refractivity contribution is 9.10. The number of benzene rings is 1. The van der Waals surface area contributed by atoms with Gasteiger partial charge < -0.3 is 9.47 Å². The molecule has 0 aliphatic carbocycles. The van der Waals surface area contributed by atoms with Crippen molar-refractivity contribution in [2.24, 2.45) is 0 Å². The normalized spacial score (nSPS) is 12.4. The number of halogens is 1. The van der Waals surface area contributed by atoms with E-state index < -0.39 is 23.5 Å². The summed E-state index contributed by atoms with van der Waals surface area (Å²) in [5.74, 6) is -2.08. The highest BCUT2D eigenvalue weighted by Gasteiger charge is 2.33. The number of ether oxygens (including phenoxy) is 2. The van der Waals surface area contributed by atoms with Crippen molar-refractivity contribution < 1.29 is 19.1 Å². The zero-order chi connectivity index (χ0) is 16.2. The Morgan fingerprint density at radius 2 is 1.81 bits per heavy atom. The van der Waals surface area contributed by atoms with Gasteiger partial charge in [0.1, 0.15) is 11.5 Å². The molecule has 0 saturated carbocycles. The Morgan fingerprint density at radius 3 is 2.29 bits per heavy atom. The molecule has 0 radical (unpaired) electrons. The van der Waals surface area contributed by atoms with Gasteiger partial charge in [0.15, 0.2) is 0 Å². The molecule has 0 fully saturated rings. The highest BCUT2D eigenvalue weighted by atomic mass is 79.9. The van der Waals surface area contributed by atoms with Gasteiger partial charge >= 0.3 is 11.9 Å². The van der Waals surface area contributed by atoms with E-state index in [9.17, 15) is 9.59 Å². The SMILES string of the molecule is C=C(C(=O)OC)C(C(=O)OC(C)(C)C)c1ccccc1Br. The molecule has 1 aromatic carbocycles. The number of esters is 2. The third-order valence-electron chi connectivity index (χ3n) is 2.65. The van der Waals surface area contributed by atoms with Gasteiger partial charge in [0, 0.05) is 10.0 Å². The van der Waals surface area contributed by atoms with E-state index in [0.717, 1.165) is 0 Å². The number of carbonyl (C=O) groups is 2. The van der Waals surface area contributed by atoms with E-state index in [4.69, 9.17) is 4.74 Å². The molecule has 21 heavy (non-hydrogen) atoms. The van der Waals surface area contributed by atoms with E-state index in [1.807, 2.05) is 6.07 Å². The molecule has 0 spiro atoms. The van der Waals surface area contributed by atoms with Gasteiger partial charge in [-0.15, -0.1) is 0 Å². The van der Waals surface area contributed by atoms with Crippen LogP contribution in [0.2, 0.25) is 0 Å². The summed E-state index contributed by atoms with van der Waals surface area (Å²) in [5.41, 5.74) is -0.00621. The van der Waals surface area contributed by atoms with Crippen LogP contribution >= 0.6 is 15.9 Å². The first-order valence-electron chi connectivity index (χ1n) is 6.41. The number of rotatable bonds is 4. The standard InChI is InChI=1S/C16H19BrO4/c1-10(14(18)20-5)13(15(19)21-16(2,3)4)11-8-6-7-9-12(11)17/h6-9,13H,1H2,2-5H3. The van der Waals surface area contributed by atoms with Crippen LogP contribution in [-0.4, -0.2) is 24.6 Å². The van der Waals surface area contributed by atoms with Crippen molar-refractivity contribution in [1.29, 1.82) is 0 Å². The van der Waals surface area contributed by atoms with Crippen molar-refractivity contribution in [3.63, 3.8) is 0 Å². The van der Waals surface area contributed by atoms with Crippen LogP contribution in [0.3, 0.4) is 0 Å². The van der Waals surface area contributed by atoms with Gasteiger partial charge in [-0.25, -0.2) is 4.79 Å². The van der Waals surface area contributed by atoms with Crippen LogP contribution in [0.5, 0.6) is 0 Å². The fraction of sp³-hybridized carbons (Fsp3) is 0.375. The minimum absolute atomic E-state index is 0.0404. The number of hydrogen-bond donors (Lipinski definition) is 0. The Balaban J connectivity index is 3.24. The molecule has 0 bridgehead atoms. The van der Waals surface area contributed by atoms with Gasteiger partial charge in [-0.3, -0.25) is 4.79 Å². The van der Waals surface area contributed by atoms with Crippen molar-refractivity contribution in [3.8, 4) is 0 Å². The number of hydrogen-bond acceptors (Lipinski definition) is 4. The monoisotopic (exact) mass is 354 g/mol. The quantitative estimate of drug-likeness (QED) is 0.612. The van der Waals surface area contributed by atoms with E-state index in [2.05, 4.69) is 27.2 Å². The first-order chi connectivity index (χ1) is 9.67. The maximum atomic E-state index is 12.5. The Kier molecular flexibility index (Phi) is 5.72. The summed E-state index contributed by atoms with van der Waals surface area (Å²) in [6.07, 6.45) is 0. The summed E-state index contributed by atoms with van der Waals surface area (Å²) >= 11 is 3.38. The molecule has 114 valence electrons. The Bertz CT molecular complexity index is 558. The molecular formula is C16H19BrO4. The van der Waals surface area contributed by atoms with E-state index in [-0.39, 0.29) is 5.57 Å². The summed E-state index contributed by atoms with van der Waals surface area (Å²) < 4.78 is 10.8. The molecule has 0 amide bonds. The molecule has 1 atom stereocenters. The second kappa shape index (κ2) is 6.89. The molecule has 0 N–H and O–H groups in total. The van der Waals surface area contributed by atoms with Crippen LogP contribution in [0.25, 0.3) is 0 Å². The van der Waals surface area contributed by atoms with Crippen LogP contribution in [0, 0.1) is 0 Å². The molecule has 1 unspecified atom stereocenters. The molecule has 0 saturated heterocycles. The summed E-state index contributed by atoms with van der Waals surface area (Å²) in [7, 11) is 1.25. The van der Waals surface area contributed by atoms with Crippen molar-refractivity contribution in [2.75, 3.05) is 7.11 Å². The van der Waals surface area contributed by atoms with Gasteiger partial charge in [0.05, 0.1) is 7.11 Å². The Hall–Kier alpha value is -1.62. The average Bonchev–Trinajstić information content (AvgIpc) is 2.38. The van der Waals surface area contributed by atoms with Crippen LogP contribution in [0.15, 0.2) is 40.9 Å². The van der Waals surface area contributed by atoms with Gasteiger partial charge in [-0.1, -0.05) is 40.7 Å². The molecule has 0 aromatic heterocycles. The van der Waals surface area contributed by atoms with E-state index in [1.54, 1.807) is 39.0 Å². The summed E-state index contributed by atoms with van der Waals surface area (Å²) in [4.78, 5) is 24.2. The van der Waals surface area contributed by atoms with Crippen molar-refractivity contribution in [3.05, 3.63) is 46.5 Å². The topological polar surface area (TPSA) is 52.6 Å². The van der Waals surface area contributed by atoms with Gasteiger partial charge in [0.2, 0.25) is 0 Å². The van der Waals surface area contributed by atoms with Crippen LogP contribution < -0.4 is 0 Å². The summed E-state index contributed by atoms with van der Waals surface area (Å²) in [5, 5.41) is 0. The lowest BCUT2D eigenvalue weighted by molar-refractivity contribution is -0.157. The van der Waals surface area contributed by atoms with Crippen LogP contribution in [0.1, 0.15) is 32.3 Å². The van der Waals surface area contributed by atoms with Crippen LogP contribution in [0.4, 0.5) is 0 Å². The molecule has 4 nitrogen and oxygen atoms in total. The van der Waals surface area contributed by atoms with Crippen molar-refractivity contribution in [2.45, 2.75) is 32.3 Å². The first-order valence-corrected chi connectivity index (χ1v) is 7.21. The second-order valence-electron chi connectivity index (χ2n) is 5.50. The fourth-order valence-electron chi connectivity index (χ4n) is 1.78. The van der Waals surface area contributed by atoms with Crippen LogP contribution in [-0.2, 0) is 19.1 Å². The van der Waals surface area contributed by atoms with Crippen molar-refractivity contribution in [1.82, 2.24) is 0 Å². The van der Waals surface area contributed by atoms with Gasteiger partial charge in [-0.2, -0.15) is 0 Å². The lowest BCUT2D eigenvalue weighted by Gasteiger charge is -2.25. The fourth-order valence-corrected chi connectivity index (χ4v) is 2.29. The lowest BCUT2D eigenvalue weighted by Crippen LogP contribution is -2.30. The maximum absolute atomic E-state index is 12.5. The maximum Gasteiger partial charge on any atom is 0.334 e. The van der Waals surface area contributed by atoms with E-state index in [1.165, 1.54) is 7.11 Å². The number of methoxy groups -OCH3 is 1. The third kappa shape index (κ3) is 4.70. The predicted octanol–water partition coefficient (Wildman–Crippen LogP) is 3.60. The predicted molar refractivity (Wildman–Crippen MR) is 83.9 cm³/mol. The zero-order valence-corrected chi connectivity index (χ0v) is 14.2. The molecule has 0 aliphatic heterocycles. The minimum atomic E-state index is -0.910. The van der Waals surface area contributed by atoms with E-state index in [0.29, 0.717) is 10.0 Å². The van der Waals surface area contributed by atoms with Gasteiger partial charge in [0.25, 0.3) is 0 Å². The molecular weight excluding hydrogens is 336 g/mol. The van der Waals surface area contributed by atoms with Crippen molar-refractivity contribution >= 4 is 27.9 Å². The number of carbonyl (C=O) groups excluding carboxylic acids is 2.